The van der Waals surface area contributed by atoms with Crippen LogP contribution in [0.4, 0.5) is 14.5 Å². The fourth-order valence-electron chi connectivity index (χ4n) is 4.54. The Hall–Kier alpha value is -2.43. The van der Waals surface area contributed by atoms with Crippen LogP contribution in [-0.2, 0) is 16.8 Å². The van der Waals surface area contributed by atoms with Crippen LogP contribution in [0.2, 0.25) is 0 Å². The van der Waals surface area contributed by atoms with Crippen LogP contribution in [0.25, 0.3) is 0 Å². The van der Waals surface area contributed by atoms with E-state index in [1.165, 1.54) is 5.56 Å². The molecule has 0 bridgehead atoms. The first-order valence-corrected chi connectivity index (χ1v) is 9.47. The molecule has 3 atom stereocenters. The maximum atomic E-state index is 14.9. The zero-order chi connectivity index (χ0) is 19.2. The van der Waals surface area contributed by atoms with Crippen LogP contribution in [0, 0.1) is 23.5 Å². The van der Waals surface area contributed by atoms with Gasteiger partial charge in [0.2, 0.25) is 0 Å². The fourth-order valence-corrected chi connectivity index (χ4v) is 4.54. The van der Waals surface area contributed by atoms with Crippen LogP contribution in [0.3, 0.4) is 0 Å². The van der Waals surface area contributed by atoms with Crippen molar-refractivity contribution in [3.05, 3.63) is 59.2 Å². The van der Waals surface area contributed by atoms with E-state index in [4.69, 9.17) is 4.74 Å². The van der Waals surface area contributed by atoms with Crippen LogP contribution in [-0.4, -0.2) is 12.4 Å². The summed E-state index contributed by atoms with van der Waals surface area (Å²) in [7, 11) is 0. The Morgan fingerprint density at radius 1 is 1.15 bits per heavy atom. The molecule has 3 nitrogen and oxygen atoms in total. The van der Waals surface area contributed by atoms with E-state index in [9.17, 15) is 13.6 Å². The first kappa shape index (κ1) is 18.0. The molecular weight excluding hydrogens is 348 g/mol. The smallest absolute Gasteiger partial charge is 0.165 e. The zero-order valence-electron chi connectivity index (χ0n) is 15.5. The number of hydrogen-bond acceptors (Lipinski definition) is 3. The Morgan fingerprint density at radius 3 is 2.56 bits per heavy atom. The van der Waals surface area contributed by atoms with Crippen molar-refractivity contribution in [1.82, 2.24) is 0 Å². The summed E-state index contributed by atoms with van der Waals surface area (Å²) in [5.41, 5.74) is 1.36. The average Bonchev–Trinajstić information content (AvgIpc) is 2.68. The molecule has 142 valence electrons. The number of aryl methyl sites for hydroxylation is 1. The Balaban J connectivity index is 1.86. The van der Waals surface area contributed by atoms with Crippen molar-refractivity contribution in [2.75, 3.05) is 11.9 Å². The molecule has 0 spiro atoms. The van der Waals surface area contributed by atoms with E-state index in [1.807, 2.05) is 31.2 Å². The summed E-state index contributed by atoms with van der Waals surface area (Å²) in [5.74, 6) is -1.54. The van der Waals surface area contributed by atoms with Crippen LogP contribution in [0.1, 0.15) is 37.8 Å². The highest BCUT2D eigenvalue weighted by Crippen LogP contribution is 2.52. The summed E-state index contributed by atoms with van der Waals surface area (Å²) in [6, 6.07) is 10.2. The summed E-state index contributed by atoms with van der Waals surface area (Å²) >= 11 is 0. The molecule has 0 amide bonds. The van der Waals surface area contributed by atoms with E-state index >= 15 is 0 Å². The third-order valence-corrected chi connectivity index (χ3v) is 6.15. The molecule has 5 heteroatoms. The van der Waals surface area contributed by atoms with Gasteiger partial charge in [-0.3, -0.25) is 4.79 Å². The van der Waals surface area contributed by atoms with E-state index in [0.29, 0.717) is 12.8 Å². The standard InChI is InChI=1S/C22H23F2NO2/c1-3-14-4-6-15(7-5-14)25-22-11-10-19(26)13(2)16(22)12-27-21-18(24)9-8-17(23)20(21)22/h4-9,13,16,25H,3,10-12H2,1-2H3. The second kappa shape index (κ2) is 6.63. The number of anilines is 1. The third-order valence-electron chi connectivity index (χ3n) is 6.15. The predicted octanol–water partition coefficient (Wildman–Crippen LogP) is 4.84. The van der Waals surface area contributed by atoms with Gasteiger partial charge in [0.05, 0.1) is 17.7 Å². The number of Topliss-reactive ketones (excluding diaryl/α,β-unsaturated/α-hetero) is 1. The molecule has 2 aromatic carbocycles. The fraction of sp³-hybridized carbons (Fsp3) is 0.409. The van der Waals surface area contributed by atoms with Gasteiger partial charge in [0.1, 0.15) is 11.6 Å². The normalized spacial score (nSPS) is 26.7. The van der Waals surface area contributed by atoms with Gasteiger partial charge in [0.25, 0.3) is 0 Å². The van der Waals surface area contributed by atoms with Gasteiger partial charge in [0.15, 0.2) is 11.6 Å². The molecule has 1 N–H and O–H groups in total. The van der Waals surface area contributed by atoms with Crippen LogP contribution >= 0.6 is 0 Å². The minimum absolute atomic E-state index is 0.0366. The van der Waals surface area contributed by atoms with Gasteiger partial charge in [0, 0.05) is 23.9 Å². The summed E-state index contributed by atoms with van der Waals surface area (Å²) < 4.78 is 35.0. The Bertz CT molecular complexity index is 881. The molecule has 27 heavy (non-hydrogen) atoms. The molecule has 2 aliphatic rings. The van der Waals surface area contributed by atoms with Gasteiger partial charge in [-0.05, 0) is 42.7 Å². The van der Waals surface area contributed by atoms with Crippen molar-refractivity contribution in [3.63, 3.8) is 0 Å². The number of rotatable bonds is 3. The minimum atomic E-state index is -0.874. The van der Waals surface area contributed by atoms with Crippen LogP contribution < -0.4 is 10.1 Å². The molecule has 1 saturated carbocycles. The van der Waals surface area contributed by atoms with Gasteiger partial charge in [-0.1, -0.05) is 26.0 Å². The van der Waals surface area contributed by atoms with Crippen molar-refractivity contribution < 1.29 is 18.3 Å². The molecule has 0 saturated heterocycles. The van der Waals surface area contributed by atoms with Crippen LogP contribution in [0.5, 0.6) is 5.75 Å². The third kappa shape index (κ3) is 2.80. The number of carbonyl (C=O) groups is 1. The summed E-state index contributed by atoms with van der Waals surface area (Å²) in [6.07, 6.45) is 1.66. The molecule has 1 aliphatic carbocycles. The maximum absolute atomic E-state index is 14.9. The quantitative estimate of drug-likeness (QED) is 0.839. The van der Waals surface area contributed by atoms with Gasteiger partial charge in [-0.15, -0.1) is 0 Å². The number of fused-ring (bicyclic) bond motifs is 3. The van der Waals surface area contributed by atoms with Crippen molar-refractivity contribution in [3.8, 4) is 5.75 Å². The Labute approximate surface area is 157 Å². The SMILES string of the molecule is CCc1ccc(NC23CCC(=O)C(C)C2COc2c(F)ccc(F)c23)cc1. The molecule has 1 heterocycles. The van der Waals surface area contributed by atoms with E-state index in [-0.39, 0.29) is 35.5 Å². The van der Waals surface area contributed by atoms with E-state index < -0.39 is 17.2 Å². The molecule has 3 unspecified atom stereocenters. The van der Waals surface area contributed by atoms with E-state index in [1.54, 1.807) is 0 Å². The van der Waals surface area contributed by atoms with E-state index in [0.717, 1.165) is 24.2 Å². The number of benzene rings is 2. The number of ether oxygens (including phenoxy) is 1. The second-order valence-electron chi connectivity index (χ2n) is 7.55. The van der Waals surface area contributed by atoms with E-state index in [2.05, 4.69) is 12.2 Å². The lowest BCUT2D eigenvalue weighted by atomic mass is 9.62. The van der Waals surface area contributed by atoms with Crippen molar-refractivity contribution >= 4 is 11.5 Å². The highest BCUT2D eigenvalue weighted by Gasteiger charge is 2.54. The van der Waals surface area contributed by atoms with Gasteiger partial charge < -0.3 is 10.1 Å². The lowest BCUT2D eigenvalue weighted by molar-refractivity contribution is -0.129. The minimum Gasteiger partial charge on any atom is -0.490 e. The summed E-state index contributed by atoms with van der Waals surface area (Å²) in [4.78, 5) is 12.3. The van der Waals surface area contributed by atoms with Gasteiger partial charge in [-0.25, -0.2) is 8.78 Å². The number of nitrogens with one attached hydrogen (secondary N) is 1. The monoisotopic (exact) mass is 371 g/mol. The molecule has 1 fully saturated rings. The topological polar surface area (TPSA) is 38.3 Å². The molecule has 1 aliphatic heterocycles. The number of hydrogen-bond donors (Lipinski definition) is 1. The first-order chi connectivity index (χ1) is 13.0. The molecule has 2 aromatic rings. The number of halogens is 2. The van der Waals surface area contributed by atoms with Crippen molar-refractivity contribution in [2.24, 2.45) is 11.8 Å². The van der Waals surface area contributed by atoms with Crippen LogP contribution in [0.15, 0.2) is 36.4 Å². The van der Waals surface area contributed by atoms with Crippen molar-refractivity contribution in [1.29, 1.82) is 0 Å². The number of carbonyl (C=O) groups excluding carboxylic acids is 1. The molecular formula is C22H23F2NO2. The zero-order valence-corrected chi connectivity index (χ0v) is 15.5. The largest absolute Gasteiger partial charge is 0.490 e. The predicted molar refractivity (Wildman–Crippen MR) is 99.9 cm³/mol. The van der Waals surface area contributed by atoms with Crippen molar-refractivity contribution in [2.45, 2.75) is 38.6 Å². The Morgan fingerprint density at radius 2 is 1.85 bits per heavy atom. The molecule has 0 aromatic heterocycles. The molecule has 4 rings (SSSR count). The first-order valence-electron chi connectivity index (χ1n) is 9.47. The number of ketones is 1. The summed E-state index contributed by atoms with van der Waals surface area (Å²) in [6.45, 7) is 4.12. The second-order valence-corrected chi connectivity index (χ2v) is 7.55. The lowest BCUT2D eigenvalue weighted by Gasteiger charge is -2.50. The average molecular weight is 371 g/mol. The summed E-state index contributed by atoms with van der Waals surface area (Å²) in [5, 5.41) is 3.48. The molecule has 0 radical (unpaired) electrons. The maximum Gasteiger partial charge on any atom is 0.165 e. The lowest BCUT2D eigenvalue weighted by Crippen LogP contribution is -2.55. The Kier molecular flexibility index (Phi) is 4.41. The highest BCUT2D eigenvalue weighted by atomic mass is 19.1. The van der Waals surface area contributed by atoms with Gasteiger partial charge >= 0.3 is 0 Å². The van der Waals surface area contributed by atoms with Gasteiger partial charge in [-0.2, -0.15) is 0 Å². The highest BCUT2D eigenvalue weighted by molar-refractivity contribution is 5.83.